The molecule has 1 fully saturated rings. The molecule has 1 aromatic heterocycles. The summed E-state index contributed by atoms with van der Waals surface area (Å²) in [4.78, 5) is 254. The summed E-state index contributed by atoms with van der Waals surface area (Å²) < 4.78 is 0. The number of aliphatic carboxylic acids is 2. The van der Waals surface area contributed by atoms with E-state index in [9.17, 15) is 68.4 Å². The van der Waals surface area contributed by atoms with Crippen molar-refractivity contribution in [3.8, 4) is 11.5 Å². The number of carbonyl (C=O) groups is 17. The van der Waals surface area contributed by atoms with Crippen molar-refractivity contribution >= 4 is 123 Å². The van der Waals surface area contributed by atoms with Gasteiger partial charge in [-0.1, -0.05) is 151 Å². The SMILES string of the molecule is CCCCC1C(=O)N(C)CC(=O)NC(CC(=O)O)C(=O)NC(C(C)C)C(=O)N(C)C(Cc2ccccc2)C(=O)NC(Cc2ccc(O)cc2)C(=O)N(C)CC(=O)NC(Cc2c[nH]c3ccccc23)C(=O)NC(Cc2ccc(O)cc2)C(=O)NC(CC(C)C)C(=O)NC(C(=O)NCC(N)=O)CSCC(=O)NC(Cc2ccccc2)C(=O)N(C)C(CCC(=O)O)C(=O)N1C. The Morgan fingerprint density at radius 2 is 0.937 bits per heavy atom. The monoisotopic (exact) mass is 1780 g/mol. The number of thioether (sulfide) groups is 1. The Labute approximate surface area is 739 Å². The summed E-state index contributed by atoms with van der Waals surface area (Å²) in [5.74, 6) is -19.8. The molecule has 1 aliphatic heterocycles. The number of hydrogen-bond acceptors (Lipinski definition) is 20. The zero-order chi connectivity index (χ0) is 93.5. The van der Waals surface area contributed by atoms with Crippen LogP contribution in [0.1, 0.15) is 107 Å². The number of rotatable bonds is 24. The largest absolute Gasteiger partial charge is 0.508 e. The molecular formula is C89H116N16O21S. The fourth-order valence-electron chi connectivity index (χ4n) is 14.5. The lowest BCUT2D eigenvalue weighted by molar-refractivity contribution is -0.152. The Morgan fingerprint density at radius 3 is 1.49 bits per heavy atom. The number of fused-ring (bicyclic) bond motifs is 1. The summed E-state index contributed by atoms with van der Waals surface area (Å²) in [7, 11) is 6.14. The van der Waals surface area contributed by atoms with E-state index in [0.717, 1.165) is 36.3 Å². The van der Waals surface area contributed by atoms with E-state index in [1.54, 1.807) is 112 Å². The number of carbonyl (C=O) groups excluding carboxylic acids is 15. The van der Waals surface area contributed by atoms with Crippen LogP contribution in [0.3, 0.4) is 0 Å². The summed E-state index contributed by atoms with van der Waals surface area (Å²) in [6.07, 6.45) is -1.45. The average Bonchev–Trinajstić information content (AvgIpc) is 1.35. The van der Waals surface area contributed by atoms with Crippen molar-refractivity contribution < 1.29 is 102 Å². The van der Waals surface area contributed by atoms with Crippen molar-refractivity contribution in [1.82, 2.24) is 77.3 Å². The summed E-state index contributed by atoms with van der Waals surface area (Å²) in [5, 5.41) is 65.2. The van der Waals surface area contributed by atoms with Crippen molar-refractivity contribution in [2.24, 2.45) is 17.6 Å². The van der Waals surface area contributed by atoms with Gasteiger partial charge in [0.05, 0.1) is 31.8 Å². The van der Waals surface area contributed by atoms with E-state index in [1.807, 2.05) is 0 Å². The Balaban J connectivity index is 1.33. The first kappa shape index (κ1) is 101. The van der Waals surface area contributed by atoms with Crippen LogP contribution in [0.25, 0.3) is 10.9 Å². The molecule has 38 heteroatoms. The van der Waals surface area contributed by atoms with Crippen LogP contribution in [0.4, 0.5) is 0 Å². The fourth-order valence-corrected chi connectivity index (χ4v) is 15.3. The van der Waals surface area contributed by atoms with Crippen LogP contribution < -0.4 is 53.6 Å². The lowest BCUT2D eigenvalue weighted by Crippen LogP contribution is -2.61. The minimum Gasteiger partial charge on any atom is -0.508 e. The zero-order valence-electron chi connectivity index (χ0n) is 72.8. The van der Waals surface area contributed by atoms with Crippen molar-refractivity contribution in [1.29, 1.82) is 0 Å². The van der Waals surface area contributed by atoms with Crippen LogP contribution in [0.15, 0.2) is 140 Å². The van der Waals surface area contributed by atoms with Crippen LogP contribution in [-0.2, 0) is 114 Å². The summed E-state index contributed by atoms with van der Waals surface area (Å²) >= 11 is 0.773. The molecule has 1 saturated heterocycles. The van der Waals surface area contributed by atoms with E-state index in [1.165, 1.54) is 97.6 Å². The number of aromatic hydroxyl groups is 2. The van der Waals surface area contributed by atoms with E-state index >= 15 is 33.6 Å². The average molecular weight is 1780 g/mol. The standard InChI is InChI=1S/C89H116N16O21S/c1-11-12-27-69-87(124)102(7)48-74(110)94-65(44-77(114)115)83(120)100-78(52(4)5)89(126)105(10)71(42-54-23-17-14-18-24-54)84(121)98-66(41-56-30-34-59(107)35-31-56)85(122)101(6)47-73(109)93-64(43-57-45-91-61-26-20-19-25-60(57)61)82(119)97-63(39-55-28-32-58(106)33-29-55)81(118)96-62(38-51(2)3)80(117)99-68(79(116)92-46-72(90)108)49-127-50-75(111)95-67(40-53-21-15-13-16-22-53)86(123)103(8)70(36-37-76(112)113)88(125)104(69)9/h13-26,28-35,45,51-52,62-71,78,91,106-107H,11-12,27,36-44,46-50H2,1-10H3,(H2,90,108)(H,92,116)(H,93,109)(H,94,110)(H,95,111)(H,96,118)(H,97,119)(H,98,121)(H,99,117)(H,100,120)(H,112,113)(H,114,115). The predicted molar refractivity (Wildman–Crippen MR) is 469 cm³/mol. The lowest BCUT2D eigenvalue weighted by Gasteiger charge is -2.37. The third-order valence-electron chi connectivity index (χ3n) is 21.4. The molecule has 16 N–H and O–H groups in total. The number of primary amides is 1. The third-order valence-corrected chi connectivity index (χ3v) is 22.5. The highest BCUT2D eigenvalue weighted by Gasteiger charge is 2.42. The number of phenols is 2. The number of aromatic amines is 1. The number of aromatic nitrogens is 1. The molecule has 0 radical (unpaired) electrons. The maximum Gasteiger partial charge on any atom is 0.305 e. The zero-order valence-corrected chi connectivity index (χ0v) is 73.6. The second kappa shape index (κ2) is 48.7. The van der Waals surface area contributed by atoms with Gasteiger partial charge in [-0.2, -0.15) is 0 Å². The molecule has 0 spiro atoms. The number of benzene rings is 5. The number of unbranched alkanes of at least 4 members (excludes halogenated alkanes) is 1. The summed E-state index contributed by atoms with van der Waals surface area (Å²) in [5.41, 5.74) is 8.35. The van der Waals surface area contributed by atoms with Crippen molar-refractivity contribution in [2.75, 3.05) is 66.4 Å². The molecule has 11 atom stereocenters. The summed E-state index contributed by atoms with van der Waals surface area (Å²) in [6.45, 7) is 5.93. The topological polar surface area (TPSA) is 537 Å². The van der Waals surface area contributed by atoms with Gasteiger partial charge in [0.15, 0.2) is 0 Å². The lowest BCUT2D eigenvalue weighted by atomic mass is 9.98. The third kappa shape index (κ3) is 31.0. The van der Waals surface area contributed by atoms with E-state index < -0.39 is 223 Å². The van der Waals surface area contributed by atoms with Crippen LogP contribution in [0.5, 0.6) is 11.5 Å². The van der Waals surface area contributed by atoms with Crippen LogP contribution in [0.2, 0.25) is 0 Å². The highest BCUT2D eigenvalue weighted by molar-refractivity contribution is 8.00. The molecule has 5 aromatic carbocycles. The van der Waals surface area contributed by atoms with Gasteiger partial charge in [0.1, 0.15) is 78.0 Å². The van der Waals surface area contributed by atoms with Gasteiger partial charge in [-0.25, -0.2) is 0 Å². The first-order valence-electron chi connectivity index (χ1n) is 41.7. The molecular weight excluding hydrogens is 1660 g/mol. The number of nitrogens with two attached hydrogens (primary N) is 1. The van der Waals surface area contributed by atoms with Gasteiger partial charge in [-0.05, 0) is 89.2 Å². The van der Waals surface area contributed by atoms with Gasteiger partial charge in [0.2, 0.25) is 88.6 Å². The second-order valence-corrected chi connectivity index (χ2v) is 33.3. The Hall–Kier alpha value is -13.4. The predicted octanol–water partition coefficient (Wildman–Crippen LogP) is 0.949. The Bertz CT molecular complexity index is 4870. The number of likely N-dealkylation sites (N-methyl/N-ethyl adjacent to an activating group) is 5. The molecule has 2 heterocycles. The number of hydrogen-bond donors (Lipinski definition) is 15. The van der Waals surface area contributed by atoms with Crippen LogP contribution in [-0.4, -0.2) is 283 Å². The first-order chi connectivity index (χ1) is 60.2. The number of phenolic OH excluding ortho intramolecular Hbond substituents is 2. The van der Waals surface area contributed by atoms with Gasteiger partial charge in [0, 0.05) is 96.6 Å². The maximum absolute atomic E-state index is 15.4. The number of amides is 15. The number of nitrogens with zero attached hydrogens (tertiary/aromatic N) is 5. The Morgan fingerprint density at radius 1 is 0.472 bits per heavy atom. The second-order valence-electron chi connectivity index (χ2n) is 32.3. The molecule has 6 aromatic rings. The van der Waals surface area contributed by atoms with E-state index in [4.69, 9.17) is 5.73 Å². The van der Waals surface area contributed by atoms with Gasteiger partial charge in [-0.3, -0.25) is 81.5 Å². The maximum atomic E-state index is 15.4. The molecule has 0 bridgehead atoms. The van der Waals surface area contributed by atoms with E-state index in [0.29, 0.717) is 51.6 Å². The normalized spacial score (nSPS) is 22.1. The minimum absolute atomic E-state index is 0.0598. The molecule has 127 heavy (non-hydrogen) atoms. The smallest absolute Gasteiger partial charge is 0.305 e. The Kier molecular flexibility index (Phi) is 38.6. The van der Waals surface area contributed by atoms with Gasteiger partial charge in [-0.15, -0.1) is 11.8 Å². The molecule has 15 amide bonds. The molecule has 7 rings (SSSR count). The number of para-hydroxylation sites is 1. The van der Waals surface area contributed by atoms with Crippen molar-refractivity contribution in [3.05, 3.63) is 167 Å². The van der Waals surface area contributed by atoms with Gasteiger partial charge < -0.3 is 103 Å². The summed E-state index contributed by atoms with van der Waals surface area (Å²) in [6, 6.07) is 17.4. The molecule has 684 valence electrons. The number of H-pyrrole nitrogens is 1. The molecule has 1 aliphatic rings. The fraction of sp³-hybridized carbons (Fsp3) is 0.449. The first-order valence-corrected chi connectivity index (χ1v) is 42.8. The highest BCUT2D eigenvalue weighted by atomic mass is 32.2. The van der Waals surface area contributed by atoms with Gasteiger partial charge >= 0.3 is 11.9 Å². The van der Waals surface area contributed by atoms with Gasteiger partial charge in [0.25, 0.3) is 0 Å². The van der Waals surface area contributed by atoms with Crippen LogP contribution >= 0.6 is 11.8 Å². The van der Waals surface area contributed by atoms with E-state index in [2.05, 4.69) is 52.8 Å². The number of carboxylic acids is 2. The van der Waals surface area contributed by atoms with Crippen molar-refractivity contribution in [3.63, 3.8) is 0 Å². The molecule has 37 nitrogen and oxygen atoms in total. The molecule has 0 saturated carbocycles. The number of nitrogens with one attached hydrogen (secondary N) is 10. The number of carboxylic acid groups (broad SMARTS) is 2. The van der Waals surface area contributed by atoms with Crippen molar-refractivity contribution in [2.45, 2.75) is 178 Å². The highest BCUT2D eigenvalue weighted by Crippen LogP contribution is 2.24. The quantitative estimate of drug-likeness (QED) is 0.0401. The van der Waals surface area contributed by atoms with E-state index in [-0.39, 0.29) is 62.4 Å². The minimum atomic E-state index is -1.94. The molecule has 0 aliphatic carbocycles. The van der Waals surface area contributed by atoms with Crippen LogP contribution in [0, 0.1) is 11.8 Å². The molecule has 11 unspecified atom stereocenters.